The van der Waals surface area contributed by atoms with Gasteiger partial charge >= 0.3 is 0 Å². The smallest absolute Gasteiger partial charge is 0.0475 e. The molecule has 3 heteroatoms. The molecular formula is C17H28N2S. The summed E-state index contributed by atoms with van der Waals surface area (Å²) in [5, 5.41) is 8.38. The second-order valence-electron chi connectivity index (χ2n) is 6.65. The zero-order valence-electron chi connectivity index (χ0n) is 12.7. The molecule has 0 amide bonds. The number of thiophene rings is 1. The normalized spacial score (nSPS) is 28.1. The Morgan fingerprint density at radius 3 is 2.80 bits per heavy atom. The fourth-order valence-electron chi connectivity index (χ4n) is 3.84. The molecule has 2 heterocycles. The molecule has 1 saturated heterocycles. The molecule has 2 unspecified atom stereocenters. The maximum Gasteiger partial charge on any atom is 0.0475 e. The Balaban J connectivity index is 1.55. The monoisotopic (exact) mass is 292 g/mol. The van der Waals surface area contributed by atoms with Crippen LogP contribution < -0.4 is 10.2 Å². The molecule has 0 radical (unpaired) electrons. The molecule has 1 N–H and O–H groups in total. The Bertz CT molecular complexity index is 384. The SMILES string of the molecule is CCC1CC(NCC2CCCC2)CN(c2ccsc2)C1. The fourth-order valence-corrected chi connectivity index (χ4v) is 4.51. The van der Waals surface area contributed by atoms with Gasteiger partial charge < -0.3 is 10.2 Å². The highest BCUT2D eigenvalue weighted by Crippen LogP contribution is 2.28. The molecule has 2 atom stereocenters. The summed E-state index contributed by atoms with van der Waals surface area (Å²) in [7, 11) is 0. The summed E-state index contributed by atoms with van der Waals surface area (Å²) in [6.45, 7) is 6.03. The van der Waals surface area contributed by atoms with E-state index in [4.69, 9.17) is 0 Å². The van der Waals surface area contributed by atoms with Crippen molar-refractivity contribution in [2.24, 2.45) is 11.8 Å². The summed E-state index contributed by atoms with van der Waals surface area (Å²) in [6, 6.07) is 2.96. The second kappa shape index (κ2) is 6.95. The first-order valence-electron chi connectivity index (χ1n) is 8.35. The van der Waals surface area contributed by atoms with E-state index in [1.165, 1.54) is 63.8 Å². The average molecular weight is 292 g/mol. The van der Waals surface area contributed by atoms with Crippen molar-refractivity contribution in [3.05, 3.63) is 16.8 Å². The molecule has 1 aliphatic heterocycles. The van der Waals surface area contributed by atoms with Crippen LogP contribution in [0.1, 0.15) is 45.4 Å². The quantitative estimate of drug-likeness (QED) is 0.877. The lowest BCUT2D eigenvalue weighted by Gasteiger charge is -2.39. The Morgan fingerprint density at radius 1 is 1.25 bits per heavy atom. The maximum atomic E-state index is 3.88. The van der Waals surface area contributed by atoms with Crippen LogP contribution in [0.2, 0.25) is 0 Å². The van der Waals surface area contributed by atoms with Gasteiger partial charge in [-0.1, -0.05) is 26.2 Å². The molecule has 112 valence electrons. The van der Waals surface area contributed by atoms with Crippen LogP contribution in [0.5, 0.6) is 0 Å². The molecule has 3 rings (SSSR count). The summed E-state index contributed by atoms with van der Waals surface area (Å²) in [4.78, 5) is 2.60. The lowest BCUT2D eigenvalue weighted by Crippen LogP contribution is -2.50. The van der Waals surface area contributed by atoms with Crippen molar-refractivity contribution in [3.8, 4) is 0 Å². The number of anilines is 1. The van der Waals surface area contributed by atoms with Gasteiger partial charge in [-0.25, -0.2) is 0 Å². The number of rotatable bonds is 5. The van der Waals surface area contributed by atoms with E-state index >= 15 is 0 Å². The number of nitrogens with one attached hydrogen (secondary N) is 1. The maximum absolute atomic E-state index is 3.88. The van der Waals surface area contributed by atoms with Gasteiger partial charge in [-0.2, -0.15) is 11.3 Å². The van der Waals surface area contributed by atoms with Gasteiger partial charge in [-0.05, 0) is 49.1 Å². The zero-order chi connectivity index (χ0) is 13.8. The first kappa shape index (κ1) is 14.4. The van der Waals surface area contributed by atoms with Gasteiger partial charge in [0.15, 0.2) is 0 Å². The topological polar surface area (TPSA) is 15.3 Å². The Labute approximate surface area is 127 Å². The van der Waals surface area contributed by atoms with Crippen LogP contribution >= 0.6 is 11.3 Å². The van der Waals surface area contributed by atoms with Crippen LogP contribution in [0.25, 0.3) is 0 Å². The van der Waals surface area contributed by atoms with Gasteiger partial charge in [0.2, 0.25) is 0 Å². The summed E-state index contributed by atoms with van der Waals surface area (Å²) in [6.07, 6.45) is 8.48. The lowest BCUT2D eigenvalue weighted by atomic mass is 9.91. The van der Waals surface area contributed by atoms with Crippen LogP contribution in [0, 0.1) is 11.8 Å². The van der Waals surface area contributed by atoms with Gasteiger partial charge in [0.1, 0.15) is 0 Å². The van der Waals surface area contributed by atoms with E-state index in [9.17, 15) is 0 Å². The minimum absolute atomic E-state index is 0.689. The van der Waals surface area contributed by atoms with E-state index in [0.29, 0.717) is 6.04 Å². The highest BCUT2D eigenvalue weighted by atomic mass is 32.1. The summed E-state index contributed by atoms with van der Waals surface area (Å²) >= 11 is 1.81. The van der Waals surface area contributed by atoms with E-state index in [2.05, 4.69) is 34.0 Å². The number of hydrogen-bond donors (Lipinski definition) is 1. The molecule has 0 aromatic carbocycles. The van der Waals surface area contributed by atoms with Gasteiger partial charge in [-0.15, -0.1) is 0 Å². The van der Waals surface area contributed by atoms with Crippen molar-refractivity contribution in [1.82, 2.24) is 5.32 Å². The average Bonchev–Trinajstić information content (AvgIpc) is 3.17. The first-order chi connectivity index (χ1) is 9.85. The summed E-state index contributed by atoms with van der Waals surface area (Å²) < 4.78 is 0. The van der Waals surface area contributed by atoms with Gasteiger partial charge in [0.05, 0.1) is 0 Å². The van der Waals surface area contributed by atoms with Gasteiger partial charge in [0.25, 0.3) is 0 Å². The predicted molar refractivity (Wildman–Crippen MR) is 88.7 cm³/mol. The molecule has 1 saturated carbocycles. The minimum Gasteiger partial charge on any atom is -0.369 e. The lowest BCUT2D eigenvalue weighted by molar-refractivity contribution is 0.312. The van der Waals surface area contributed by atoms with Crippen molar-refractivity contribution in [2.45, 2.75) is 51.5 Å². The third-order valence-electron chi connectivity index (χ3n) is 5.16. The molecule has 2 fully saturated rings. The van der Waals surface area contributed by atoms with Crippen molar-refractivity contribution in [1.29, 1.82) is 0 Å². The largest absolute Gasteiger partial charge is 0.369 e. The summed E-state index contributed by atoms with van der Waals surface area (Å²) in [5.41, 5.74) is 1.43. The Kier molecular flexibility index (Phi) is 5.00. The second-order valence-corrected chi connectivity index (χ2v) is 7.43. The minimum atomic E-state index is 0.689. The van der Waals surface area contributed by atoms with Gasteiger partial charge in [0, 0.05) is 30.2 Å². The van der Waals surface area contributed by atoms with Crippen LogP contribution in [0.3, 0.4) is 0 Å². The van der Waals surface area contributed by atoms with Crippen molar-refractivity contribution in [2.75, 3.05) is 24.5 Å². The molecule has 2 nitrogen and oxygen atoms in total. The van der Waals surface area contributed by atoms with E-state index in [1.54, 1.807) is 0 Å². The predicted octanol–water partition coefficient (Wildman–Crippen LogP) is 4.13. The van der Waals surface area contributed by atoms with E-state index in [1.807, 2.05) is 11.3 Å². The third-order valence-corrected chi connectivity index (χ3v) is 5.83. The molecule has 0 bridgehead atoms. The van der Waals surface area contributed by atoms with E-state index < -0.39 is 0 Å². The molecule has 1 aromatic heterocycles. The van der Waals surface area contributed by atoms with Crippen LogP contribution in [0.4, 0.5) is 5.69 Å². The van der Waals surface area contributed by atoms with E-state index in [-0.39, 0.29) is 0 Å². The molecule has 1 aliphatic carbocycles. The van der Waals surface area contributed by atoms with Crippen molar-refractivity contribution >= 4 is 17.0 Å². The fraction of sp³-hybridized carbons (Fsp3) is 0.765. The standard InChI is InChI=1S/C17H28N2S/c1-2-14-9-16(18-10-15-5-3-4-6-15)12-19(11-14)17-7-8-20-13-17/h7-8,13-16,18H,2-6,9-12H2,1H3. The first-order valence-corrected chi connectivity index (χ1v) is 9.30. The van der Waals surface area contributed by atoms with Crippen LogP contribution in [0.15, 0.2) is 16.8 Å². The van der Waals surface area contributed by atoms with Crippen molar-refractivity contribution in [3.63, 3.8) is 0 Å². The Morgan fingerprint density at radius 2 is 2.10 bits per heavy atom. The molecule has 0 spiro atoms. The van der Waals surface area contributed by atoms with Crippen LogP contribution in [-0.4, -0.2) is 25.7 Å². The molecule has 2 aliphatic rings. The molecule has 1 aromatic rings. The van der Waals surface area contributed by atoms with Gasteiger partial charge in [-0.3, -0.25) is 0 Å². The van der Waals surface area contributed by atoms with Crippen molar-refractivity contribution < 1.29 is 0 Å². The zero-order valence-corrected chi connectivity index (χ0v) is 13.5. The number of piperidine rings is 1. The molecule has 20 heavy (non-hydrogen) atoms. The molecular weight excluding hydrogens is 264 g/mol. The number of nitrogens with zero attached hydrogens (tertiary/aromatic N) is 1. The number of hydrogen-bond acceptors (Lipinski definition) is 3. The van der Waals surface area contributed by atoms with Crippen LogP contribution in [-0.2, 0) is 0 Å². The highest BCUT2D eigenvalue weighted by molar-refractivity contribution is 7.08. The van der Waals surface area contributed by atoms with E-state index in [0.717, 1.165) is 11.8 Å². The third kappa shape index (κ3) is 3.56. The summed E-state index contributed by atoms with van der Waals surface area (Å²) in [5.74, 6) is 1.80. The Hall–Kier alpha value is -0.540. The highest BCUT2D eigenvalue weighted by Gasteiger charge is 2.27.